The number of ether oxygens (including phenoxy) is 2. The highest BCUT2D eigenvalue weighted by Gasteiger charge is 2.68. The van der Waals surface area contributed by atoms with Gasteiger partial charge in [-0.15, -0.1) is 0 Å². The molecule has 1 aromatic carbocycles. The van der Waals surface area contributed by atoms with Crippen LogP contribution < -0.4 is 0 Å². The molecule has 2 fully saturated rings. The van der Waals surface area contributed by atoms with Crippen LogP contribution in [0.15, 0.2) is 30.3 Å². The third kappa shape index (κ3) is 3.21. The quantitative estimate of drug-likeness (QED) is 0.610. The van der Waals surface area contributed by atoms with Crippen molar-refractivity contribution in [3.05, 3.63) is 35.9 Å². The Morgan fingerprint density at radius 1 is 1.28 bits per heavy atom. The number of carbonyl (C=O) groups is 1. The molecule has 1 aliphatic carbocycles. The minimum atomic E-state index is -1.31. The molecule has 0 bridgehead atoms. The summed E-state index contributed by atoms with van der Waals surface area (Å²) in [5.41, 5.74) is -2.22. The molecule has 0 amide bonds. The number of carbonyl (C=O) groups excluding carboxylic acids is 1. The van der Waals surface area contributed by atoms with Crippen molar-refractivity contribution in [2.45, 2.75) is 57.3 Å². The maximum absolute atomic E-state index is 12.4. The smallest absolute Gasteiger partial charge is 0.315 e. The summed E-state index contributed by atoms with van der Waals surface area (Å²) in [5.74, 6) is -0.712. The van der Waals surface area contributed by atoms with E-state index in [0.717, 1.165) is 5.56 Å². The van der Waals surface area contributed by atoms with Crippen LogP contribution in [0.2, 0.25) is 0 Å². The van der Waals surface area contributed by atoms with Crippen LogP contribution in [0.3, 0.4) is 0 Å². The van der Waals surface area contributed by atoms with Crippen molar-refractivity contribution in [2.75, 3.05) is 13.2 Å². The zero-order valence-corrected chi connectivity index (χ0v) is 15.0. The molecule has 5 heteroatoms. The fourth-order valence-corrected chi connectivity index (χ4v) is 4.70. The molecule has 0 aromatic heterocycles. The lowest BCUT2D eigenvalue weighted by Gasteiger charge is -2.44. The average molecular weight is 348 g/mol. The van der Waals surface area contributed by atoms with Crippen molar-refractivity contribution in [1.29, 1.82) is 0 Å². The molecule has 1 aromatic rings. The van der Waals surface area contributed by atoms with Gasteiger partial charge in [0.05, 0.1) is 24.4 Å². The van der Waals surface area contributed by atoms with E-state index in [1.807, 2.05) is 30.3 Å². The van der Waals surface area contributed by atoms with E-state index in [-0.39, 0.29) is 11.9 Å². The Bertz CT molecular complexity index is 608. The second kappa shape index (κ2) is 6.71. The van der Waals surface area contributed by atoms with Gasteiger partial charge in [-0.25, -0.2) is 0 Å². The third-order valence-electron chi connectivity index (χ3n) is 6.01. The Balaban J connectivity index is 1.72. The zero-order chi connectivity index (χ0) is 18.1. The minimum Gasteiger partial charge on any atom is -0.465 e. The second-order valence-electron chi connectivity index (χ2n) is 7.93. The summed E-state index contributed by atoms with van der Waals surface area (Å²) >= 11 is 0. The van der Waals surface area contributed by atoms with Crippen molar-refractivity contribution in [2.24, 2.45) is 11.3 Å². The molecule has 1 aliphatic heterocycles. The largest absolute Gasteiger partial charge is 0.465 e. The van der Waals surface area contributed by atoms with Crippen molar-refractivity contribution in [3.63, 3.8) is 0 Å². The van der Waals surface area contributed by atoms with E-state index in [1.165, 1.54) is 0 Å². The van der Waals surface area contributed by atoms with Crippen molar-refractivity contribution in [1.82, 2.24) is 0 Å². The number of esters is 1. The van der Waals surface area contributed by atoms with Crippen LogP contribution in [0.5, 0.6) is 0 Å². The number of rotatable bonds is 6. The van der Waals surface area contributed by atoms with E-state index < -0.39 is 16.6 Å². The Kier molecular flexibility index (Phi) is 4.93. The third-order valence-corrected chi connectivity index (χ3v) is 6.01. The highest BCUT2D eigenvalue weighted by atomic mass is 16.5. The number of hydrogen-bond acceptors (Lipinski definition) is 5. The van der Waals surface area contributed by atoms with Gasteiger partial charge in [-0.05, 0) is 32.3 Å². The minimum absolute atomic E-state index is 0.309. The van der Waals surface area contributed by atoms with Gasteiger partial charge in [-0.1, -0.05) is 30.3 Å². The molecule has 2 aliphatic rings. The molecule has 138 valence electrons. The topological polar surface area (TPSA) is 76.0 Å². The fourth-order valence-electron chi connectivity index (χ4n) is 4.70. The van der Waals surface area contributed by atoms with Gasteiger partial charge < -0.3 is 19.7 Å². The maximum Gasteiger partial charge on any atom is 0.315 e. The first kappa shape index (κ1) is 18.4. The van der Waals surface area contributed by atoms with E-state index in [4.69, 9.17) is 9.47 Å². The lowest BCUT2D eigenvalue weighted by Crippen LogP contribution is -2.56. The summed E-state index contributed by atoms with van der Waals surface area (Å²) in [5, 5.41) is 22.1. The first-order valence-electron chi connectivity index (χ1n) is 9.03. The molecule has 5 nitrogen and oxygen atoms in total. The van der Waals surface area contributed by atoms with E-state index in [1.54, 1.807) is 13.8 Å². The van der Waals surface area contributed by atoms with Gasteiger partial charge in [0.15, 0.2) is 0 Å². The summed E-state index contributed by atoms with van der Waals surface area (Å²) in [4.78, 5) is 12.4. The average Bonchev–Trinajstić information content (AvgIpc) is 3.08. The standard InChI is InChI=1S/C20H28O5/c1-18(2,22)16-8-9-19(10-13-25-17(19)21)20(16,23)11-12-24-14-15-6-4-3-5-7-15/h3-7,16,22-23H,8-14H2,1-2H3/t16-,19-,20+/m0/s1. The monoisotopic (exact) mass is 348 g/mol. The van der Waals surface area contributed by atoms with Gasteiger partial charge in [0.1, 0.15) is 5.41 Å². The van der Waals surface area contributed by atoms with Crippen LogP contribution in [0.4, 0.5) is 0 Å². The van der Waals surface area contributed by atoms with Crippen LogP contribution in [-0.4, -0.2) is 40.6 Å². The Morgan fingerprint density at radius 3 is 2.60 bits per heavy atom. The summed E-state index contributed by atoms with van der Waals surface area (Å²) in [6, 6.07) is 9.84. The molecule has 3 atom stereocenters. The van der Waals surface area contributed by atoms with Crippen LogP contribution in [0.1, 0.15) is 45.1 Å². The van der Waals surface area contributed by atoms with E-state index in [0.29, 0.717) is 45.5 Å². The molecule has 1 spiro atoms. The molecule has 0 unspecified atom stereocenters. The van der Waals surface area contributed by atoms with Crippen LogP contribution >= 0.6 is 0 Å². The van der Waals surface area contributed by atoms with Crippen LogP contribution in [0, 0.1) is 11.3 Å². The number of cyclic esters (lactones) is 1. The first-order valence-corrected chi connectivity index (χ1v) is 9.03. The lowest BCUT2D eigenvalue weighted by atomic mass is 9.65. The van der Waals surface area contributed by atoms with E-state index in [9.17, 15) is 15.0 Å². The Labute approximate surface area is 149 Å². The first-order chi connectivity index (χ1) is 11.8. The van der Waals surface area contributed by atoms with Crippen molar-refractivity contribution in [3.8, 4) is 0 Å². The van der Waals surface area contributed by atoms with Crippen LogP contribution in [0.25, 0.3) is 0 Å². The Hall–Kier alpha value is -1.43. The SMILES string of the molecule is CC(C)(O)[C@@H]1CC[C@@]2(CCOC2=O)[C@@]1(O)CCOCc1ccccc1. The number of hydrogen-bond donors (Lipinski definition) is 2. The van der Waals surface area contributed by atoms with Gasteiger partial charge in [0.2, 0.25) is 0 Å². The molecule has 1 saturated carbocycles. The van der Waals surface area contributed by atoms with Gasteiger partial charge in [-0.2, -0.15) is 0 Å². The predicted molar refractivity (Wildman–Crippen MR) is 92.7 cm³/mol. The summed E-state index contributed by atoms with van der Waals surface area (Å²) < 4.78 is 11.0. The van der Waals surface area contributed by atoms with Gasteiger partial charge in [-0.3, -0.25) is 4.79 Å². The molecule has 0 radical (unpaired) electrons. The molecule has 25 heavy (non-hydrogen) atoms. The highest BCUT2D eigenvalue weighted by molar-refractivity contribution is 5.81. The fraction of sp³-hybridized carbons (Fsp3) is 0.650. The number of aliphatic hydroxyl groups is 2. The summed E-state index contributed by atoms with van der Waals surface area (Å²) in [6.45, 7) is 4.53. The Morgan fingerprint density at radius 2 is 2.00 bits per heavy atom. The summed E-state index contributed by atoms with van der Waals surface area (Å²) in [6.07, 6.45) is 1.97. The number of benzene rings is 1. The molecular formula is C20H28O5. The maximum atomic E-state index is 12.4. The normalized spacial score (nSPS) is 32.3. The molecule has 1 saturated heterocycles. The van der Waals surface area contributed by atoms with Crippen molar-refractivity contribution >= 4 is 5.97 Å². The van der Waals surface area contributed by atoms with Gasteiger partial charge >= 0.3 is 5.97 Å². The molecule has 1 heterocycles. The zero-order valence-electron chi connectivity index (χ0n) is 15.0. The molecule has 2 N–H and O–H groups in total. The molecule has 3 rings (SSSR count). The van der Waals surface area contributed by atoms with Crippen molar-refractivity contribution < 1.29 is 24.5 Å². The van der Waals surface area contributed by atoms with E-state index in [2.05, 4.69) is 0 Å². The van der Waals surface area contributed by atoms with Gasteiger partial charge in [0.25, 0.3) is 0 Å². The highest BCUT2D eigenvalue weighted by Crippen LogP contribution is 2.59. The molecular weight excluding hydrogens is 320 g/mol. The van der Waals surface area contributed by atoms with Gasteiger partial charge in [0, 0.05) is 25.4 Å². The predicted octanol–water partition coefficient (Wildman–Crippen LogP) is 2.44. The van der Waals surface area contributed by atoms with Crippen LogP contribution in [-0.2, 0) is 20.9 Å². The summed E-state index contributed by atoms with van der Waals surface area (Å²) in [7, 11) is 0. The second-order valence-corrected chi connectivity index (χ2v) is 7.93. The van der Waals surface area contributed by atoms with E-state index >= 15 is 0 Å². The lowest BCUT2D eigenvalue weighted by molar-refractivity contribution is -0.176.